The van der Waals surface area contributed by atoms with Crippen molar-refractivity contribution in [1.82, 2.24) is 0 Å². The lowest BCUT2D eigenvalue weighted by atomic mass is 10.1. The number of aliphatic imine (C=N–C) groups is 1. The Balaban J connectivity index is 1.96. The molecule has 10 heteroatoms. The monoisotopic (exact) mass is 618 g/mol. The van der Waals surface area contributed by atoms with Gasteiger partial charge in [-0.3, -0.25) is 14.9 Å². The van der Waals surface area contributed by atoms with E-state index in [0.29, 0.717) is 29.6 Å². The minimum absolute atomic E-state index is 0.00489. The van der Waals surface area contributed by atoms with Crippen LogP contribution in [0.3, 0.4) is 0 Å². The van der Waals surface area contributed by atoms with Crippen LogP contribution in [0.4, 0.5) is 5.69 Å². The van der Waals surface area contributed by atoms with E-state index in [1.807, 2.05) is 45.2 Å². The van der Waals surface area contributed by atoms with E-state index in [1.165, 1.54) is 13.0 Å². The van der Waals surface area contributed by atoms with Crippen LogP contribution in [0.15, 0.2) is 41.0 Å². The molecule has 1 aliphatic rings. The molecule has 0 aromatic heterocycles. The van der Waals surface area contributed by atoms with E-state index < -0.39 is 16.9 Å². The molecule has 1 heterocycles. The van der Waals surface area contributed by atoms with Gasteiger partial charge in [0.05, 0.1) is 12.1 Å². The van der Waals surface area contributed by atoms with Crippen LogP contribution in [0.1, 0.15) is 23.6 Å². The van der Waals surface area contributed by atoms with Gasteiger partial charge in [0.1, 0.15) is 0 Å². The van der Waals surface area contributed by atoms with E-state index in [-0.39, 0.29) is 17.3 Å². The Hall–Kier alpha value is -2.35. The molecule has 0 saturated heterocycles. The molecule has 0 radical (unpaired) electrons. The lowest BCUT2D eigenvalue weighted by Gasteiger charge is -2.08. The third-order valence-corrected chi connectivity index (χ3v) is 5.45. The first-order chi connectivity index (χ1) is 13.7. The van der Waals surface area contributed by atoms with Crippen LogP contribution in [0.5, 0.6) is 5.75 Å². The summed E-state index contributed by atoms with van der Waals surface area (Å²) in [6, 6.07) is 7.99. The summed E-state index contributed by atoms with van der Waals surface area (Å²) >= 11 is 4.07. The lowest BCUT2D eigenvalue weighted by Crippen LogP contribution is -2.06. The molecule has 0 fully saturated rings. The van der Waals surface area contributed by atoms with Gasteiger partial charge in [-0.2, -0.15) is 0 Å². The summed E-state index contributed by atoms with van der Waals surface area (Å²) in [6.45, 7) is 2.95. The van der Waals surface area contributed by atoms with Crippen LogP contribution < -0.4 is 4.74 Å². The number of esters is 2. The molecule has 0 spiro atoms. The summed E-state index contributed by atoms with van der Waals surface area (Å²) in [5.74, 6) is -0.624. The van der Waals surface area contributed by atoms with Crippen LogP contribution in [-0.2, 0) is 14.3 Å². The van der Waals surface area contributed by atoms with Gasteiger partial charge in [-0.25, -0.2) is 9.79 Å². The van der Waals surface area contributed by atoms with Gasteiger partial charge in [0.25, 0.3) is 5.69 Å². The third kappa shape index (κ3) is 4.80. The fourth-order valence-electron chi connectivity index (χ4n) is 2.53. The van der Waals surface area contributed by atoms with Crippen LogP contribution in [0.2, 0.25) is 0 Å². The molecule has 148 valence electrons. The number of carbonyl (C=O) groups is 2. The Kier molecular flexibility index (Phi) is 6.31. The highest BCUT2D eigenvalue weighted by Crippen LogP contribution is 2.31. The van der Waals surface area contributed by atoms with Crippen LogP contribution in [0.25, 0.3) is 6.08 Å². The van der Waals surface area contributed by atoms with Crippen molar-refractivity contribution in [2.45, 2.75) is 13.8 Å². The van der Waals surface area contributed by atoms with Crippen molar-refractivity contribution in [1.29, 1.82) is 0 Å². The number of nitro benzene ring substituents is 1. The summed E-state index contributed by atoms with van der Waals surface area (Å²) in [7, 11) is 0. The van der Waals surface area contributed by atoms with Crippen molar-refractivity contribution < 1.29 is 24.0 Å². The van der Waals surface area contributed by atoms with Gasteiger partial charge < -0.3 is 9.47 Å². The molecule has 3 rings (SSSR count). The SMILES string of the molecule is CC(=O)Oc1c(I)cc(C=C2N=C(c3ccc(C)c([N+](=O)[O-])c3)OC2=O)cc1I. The molecule has 0 N–H and O–H groups in total. The van der Waals surface area contributed by atoms with Crippen molar-refractivity contribution in [3.8, 4) is 5.75 Å². The maximum absolute atomic E-state index is 12.2. The zero-order valence-corrected chi connectivity index (χ0v) is 19.4. The summed E-state index contributed by atoms with van der Waals surface area (Å²) in [6.07, 6.45) is 1.54. The number of carbonyl (C=O) groups excluding carboxylic acids is 2. The van der Waals surface area contributed by atoms with Crippen LogP contribution >= 0.6 is 45.2 Å². The standard InChI is InChI=1S/C19H12I2N2O6/c1-9-3-4-12(8-16(9)23(26)27)18-22-15(19(25)29-18)7-11-5-13(20)17(14(21)6-11)28-10(2)24/h3-8H,1-2H3. The Morgan fingerprint density at radius 2 is 1.90 bits per heavy atom. The highest BCUT2D eigenvalue weighted by molar-refractivity contribution is 14.1. The van der Waals surface area contributed by atoms with Gasteiger partial charge in [-0.1, -0.05) is 6.07 Å². The summed E-state index contributed by atoms with van der Waals surface area (Å²) in [4.78, 5) is 38.3. The first-order valence-corrected chi connectivity index (χ1v) is 10.3. The summed E-state index contributed by atoms with van der Waals surface area (Å²) in [5.41, 5.74) is 1.49. The van der Waals surface area contributed by atoms with E-state index in [9.17, 15) is 19.7 Å². The lowest BCUT2D eigenvalue weighted by molar-refractivity contribution is -0.385. The number of rotatable bonds is 4. The average molecular weight is 618 g/mol. The molecule has 0 bridgehead atoms. The molecule has 29 heavy (non-hydrogen) atoms. The summed E-state index contributed by atoms with van der Waals surface area (Å²) in [5, 5.41) is 11.1. The van der Waals surface area contributed by atoms with Crippen LogP contribution in [0, 0.1) is 24.2 Å². The van der Waals surface area contributed by atoms with Crippen molar-refractivity contribution in [3.05, 3.63) is 70.0 Å². The van der Waals surface area contributed by atoms with Crippen LogP contribution in [-0.4, -0.2) is 22.8 Å². The number of ether oxygens (including phenoxy) is 2. The topological polar surface area (TPSA) is 108 Å². The molecule has 1 aliphatic heterocycles. The van der Waals surface area contributed by atoms with Gasteiger partial charge in [0.15, 0.2) is 11.4 Å². The first kappa shape index (κ1) is 21.4. The van der Waals surface area contributed by atoms with E-state index in [0.717, 1.165) is 0 Å². The zero-order chi connectivity index (χ0) is 21.3. The fraction of sp³-hybridized carbons (Fsp3) is 0.105. The maximum Gasteiger partial charge on any atom is 0.363 e. The van der Waals surface area contributed by atoms with Crippen molar-refractivity contribution in [2.24, 2.45) is 4.99 Å². The highest BCUT2D eigenvalue weighted by Gasteiger charge is 2.26. The molecule has 2 aromatic rings. The molecule has 0 amide bonds. The number of benzene rings is 2. The minimum atomic E-state index is -0.655. The predicted molar refractivity (Wildman–Crippen MR) is 122 cm³/mol. The molecule has 0 aliphatic carbocycles. The number of hydrogen-bond donors (Lipinski definition) is 0. The van der Waals surface area contributed by atoms with Gasteiger partial charge in [0, 0.05) is 24.1 Å². The van der Waals surface area contributed by atoms with Gasteiger partial charge in [-0.05, 0) is 81.9 Å². The number of nitrogens with zero attached hydrogens (tertiary/aromatic N) is 2. The molecule has 0 saturated carbocycles. The predicted octanol–water partition coefficient (Wildman–Crippen LogP) is 4.38. The quantitative estimate of drug-likeness (QED) is 0.126. The fourth-order valence-corrected chi connectivity index (χ4v) is 4.57. The second kappa shape index (κ2) is 8.57. The maximum atomic E-state index is 12.2. The van der Waals surface area contributed by atoms with E-state index in [4.69, 9.17) is 9.47 Å². The molecule has 0 unspecified atom stereocenters. The Labute approximate surface area is 192 Å². The second-order valence-electron chi connectivity index (χ2n) is 6.00. The number of cyclic esters (lactones) is 1. The second-order valence-corrected chi connectivity index (χ2v) is 8.33. The number of hydrogen-bond acceptors (Lipinski definition) is 7. The number of aryl methyl sites for hydroxylation is 1. The van der Waals surface area contributed by atoms with Crippen molar-refractivity contribution in [2.75, 3.05) is 0 Å². The van der Waals surface area contributed by atoms with Crippen molar-refractivity contribution >= 4 is 74.8 Å². The minimum Gasteiger partial charge on any atom is -0.424 e. The number of halogens is 2. The first-order valence-electron chi connectivity index (χ1n) is 8.11. The van der Waals surface area contributed by atoms with E-state index in [2.05, 4.69) is 4.99 Å². The van der Waals surface area contributed by atoms with E-state index in [1.54, 1.807) is 37.3 Å². The highest BCUT2D eigenvalue weighted by atomic mass is 127. The van der Waals surface area contributed by atoms with Crippen molar-refractivity contribution in [3.63, 3.8) is 0 Å². The van der Waals surface area contributed by atoms with Gasteiger partial charge >= 0.3 is 11.9 Å². The molecular weight excluding hydrogens is 606 g/mol. The normalized spacial score (nSPS) is 14.6. The summed E-state index contributed by atoms with van der Waals surface area (Å²) < 4.78 is 11.8. The van der Waals surface area contributed by atoms with Gasteiger partial charge in [0.2, 0.25) is 5.90 Å². The van der Waals surface area contributed by atoms with E-state index >= 15 is 0 Å². The molecule has 8 nitrogen and oxygen atoms in total. The largest absolute Gasteiger partial charge is 0.424 e. The molecule has 2 aromatic carbocycles. The average Bonchev–Trinajstić information content (AvgIpc) is 2.98. The zero-order valence-electron chi connectivity index (χ0n) is 15.1. The smallest absolute Gasteiger partial charge is 0.363 e. The number of nitro groups is 1. The Bertz CT molecular complexity index is 1100. The third-order valence-electron chi connectivity index (χ3n) is 3.84. The molecule has 0 atom stereocenters. The Morgan fingerprint density at radius 1 is 1.24 bits per heavy atom. The molecular formula is C19H12I2N2O6. The van der Waals surface area contributed by atoms with Gasteiger partial charge in [-0.15, -0.1) is 0 Å². The Morgan fingerprint density at radius 3 is 2.48 bits per heavy atom.